The number of benzene rings is 1. The topological polar surface area (TPSA) is 21.3 Å². The summed E-state index contributed by atoms with van der Waals surface area (Å²) in [4.78, 5) is 5.23. The van der Waals surface area contributed by atoms with Crippen LogP contribution in [-0.2, 0) is 4.84 Å². The quantitative estimate of drug-likeness (QED) is 0.456. The second-order valence-electron chi connectivity index (χ2n) is 3.73. The maximum Gasteiger partial charge on any atom is 0.0743 e. The second-order valence-corrected chi connectivity index (χ2v) is 6.70. The van der Waals surface area contributed by atoms with Gasteiger partial charge in [-0.15, -0.1) is 0 Å². The molecule has 0 aliphatic carbocycles. The fraction of sp³-hybridized carbons (Fsp3) is 0.455. The van der Waals surface area contributed by atoms with Crippen LogP contribution in [0.4, 0.5) is 5.69 Å². The fourth-order valence-corrected chi connectivity index (χ4v) is 2.13. The highest BCUT2D eigenvalue weighted by molar-refractivity contribution is 6.70. The standard InChI is InChI=1S/C11H19NOSi/c1-4-9-13-12-10-5-7-11(8-6-10)14(2)3/h5-8,12,14H,4,9H2,1-3H3. The van der Waals surface area contributed by atoms with Gasteiger partial charge in [-0.1, -0.05) is 37.3 Å². The summed E-state index contributed by atoms with van der Waals surface area (Å²) >= 11 is 0. The molecule has 0 bridgehead atoms. The maximum absolute atomic E-state index is 5.23. The van der Waals surface area contributed by atoms with Gasteiger partial charge in [0.05, 0.1) is 21.1 Å². The predicted molar refractivity (Wildman–Crippen MR) is 64.8 cm³/mol. The van der Waals surface area contributed by atoms with Gasteiger partial charge in [0.1, 0.15) is 0 Å². The Morgan fingerprint density at radius 3 is 2.36 bits per heavy atom. The van der Waals surface area contributed by atoms with Crippen LogP contribution in [0.5, 0.6) is 0 Å². The molecule has 14 heavy (non-hydrogen) atoms. The molecule has 3 heteroatoms. The molecule has 0 saturated carbocycles. The zero-order valence-corrected chi connectivity index (χ0v) is 10.4. The second kappa shape index (κ2) is 5.83. The molecule has 1 aromatic rings. The zero-order chi connectivity index (χ0) is 10.4. The van der Waals surface area contributed by atoms with Crippen molar-refractivity contribution in [3.05, 3.63) is 24.3 Å². The third-order valence-corrected chi connectivity index (χ3v) is 3.79. The van der Waals surface area contributed by atoms with Crippen molar-refractivity contribution in [1.29, 1.82) is 0 Å². The minimum absolute atomic E-state index is 0.651. The van der Waals surface area contributed by atoms with Crippen molar-refractivity contribution in [2.45, 2.75) is 26.4 Å². The molecule has 0 spiro atoms. The number of nitrogens with one attached hydrogen (secondary N) is 1. The molecule has 1 aromatic carbocycles. The van der Waals surface area contributed by atoms with Crippen LogP contribution in [0.3, 0.4) is 0 Å². The van der Waals surface area contributed by atoms with Gasteiger partial charge >= 0.3 is 0 Å². The van der Waals surface area contributed by atoms with Crippen LogP contribution in [-0.4, -0.2) is 15.4 Å². The lowest BCUT2D eigenvalue weighted by atomic mass is 10.3. The summed E-state index contributed by atoms with van der Waals surface area (Å²) in [7, 11) is -0.651. The number of rotatable bonds is 5. The average molecular weight is 209 g/mol. The van der Waals surface area contributed by atoms with Crippen LogP contribution in [0.2, 0.25) is 13.1 Å². The van der Waals surface area contributed by atoms with Gasteiger partial charge in [0.15, 0.2) is 0 Å². The Labute approximate surface area is 87.9 Å². The van der Waals surface area contributed by atoms with Crippen molar-refractivity contribution < 1.29 is 4.84 Å². The molecule has 0 aliphatic heterocycles. The van der Waals surface area contributed by atoms with E-state index in [4.69, 9.17) is 4.84 Å². The van der Waals surface area contributed by atoms with Crippen LogP contribution in [0.15, 0.2) is 24.3 Å². The van der Waals surface area contributed by atoms with E-state index in [1.807, 2.05) is 0 Å². The molecular formula is C11H19NOSi. The van der Waals surface area contributed by atoms with Gasteiger partial charge in [-0.05, 0) is 18.6 Å². The van der Waals surface area contributed by atoms with E-state index in [1.165, 1.54) is 5.19 Å². The Morgan fingerprint density at radius 1 is 1.21 bits per heavy atom. The summed E-state index contributed by atoms with van der Waals surface area (Å²) < 4.78 is 0. The minimum atomic E-state index is -0.651. The van der Waals surface area contributed by atoms with Gasteiger partial charge in [-0.25, -0.2) is 0 Å². The summed E-state index contributed by atoms with van der Waals surface area (Å²) in [6.07, 6.45) is 1.03. The Hall–Kier alpha value is -0.803. The van der Waals surface area contributed by atoms with Crippen LogP contribution >= 0.6 is 0 Å². The SMILES string of the molecule is CCCONc1ccc([SiH](C)C)cc1. The van der Waals surface area contributed by atoms with Gasteiger partial charge in [0.25, 0.3) is 0 Å². The minimum Gasteiger partial charge on any atom is -0.276 e. The lowest BCUT2D eigenvalue weighted by molar-refractivity contribution is 0.194. The predicted octanol–water partition coefficient (Wildman–Crippen LogP) is 2.13. The lowest BCUT2D eigenvalue weighted by Gasteiger charge is -2.08. The Morgan fingerprint density at radius 2 is 1.86 bits per heavy atom. The van der Waals surface area contributed by atoms with Crippen molar-refractivity contribution in [3.63, 3.8) is 0 Å². The molecule has 0 fully saturated rings. The summed E-state index contributed by atoms with van der Waals surface area (Å²) in [6.45, 7) is 7.50. The molecule has 1 rings (SSSR count). The molecule has 0 heterocycles. The third kappa shape index (κ3) is 3.52. The first-order valence-corrected chi connectivity index (χ1v) is 8.10. The first-order valence-electron chi connectivity index (χ1n) is 5.21. The van der Waals surface area contributed by atoms with E-state index in [1.54, 1.807) is 0 Å². The number of anilines is 1. The highest BCUT2D eigenvalue weighted by Crippen LogP contribution is 2.04. The smallest absolute Gasteiger partial charge is 0.0743 e. The monoisotopic (exact) mass is 209 g/mol. The molecule has 0 unspecified atom stereocenters. The largest absolute Gasteiger partial charge is 0.276 e. The van der Waals surface area contributed by atoms with E-state index < -0.39 is 8.80 Å². The third-order valence-electron chi connectivity index (χ3n) is 2.07. The van der Waals surface area contributed by atoms with E-state index >= 15 is 0 Å². The van der Waals surface area contributed by atoms with E-state index in [9.17, 15) is 0 Å². The number of hydrogen-bond acceptors (Lipinski definition) is 2. The summed E-state index contributed by atoms with van der Waals surface area (Å²) in [6, 6.07) is 8.54. The zero-order valence-electron chi connectivity index (χ0n) is 9.21. The van der Waals surface area contributed by atoms with E-state index in [0.29, 0.717) is 0 Å². The molecule has 0 aromatic heterocycles. The molecule has 0 radical (unpaired) electrons. The van der Waals surface area contributed by atoms with Gasteiger partial charge in [-0.3, -0.25) is 10.3 Å². The maximum atomic E-state index is 5.23. The first kappa shape index (κ1) is 11.3. The first-order chi connectivity index (χ1) is 6.74. The number of hydrogen-bond donors (Lipinski definition) is 1. The van der Waals surface area contributed by atoms with E-state index in [2.05, 4.69) is 49.8 Å². The Kier molecular flexibility index (Phi) is 4.69. The fourth-order valence-electron chi connectivity index (χ4n) is 1.17. The Balaban J connectivity index is 2.47. The van der Waals surface area contributed by atoms with Gasteiger partial charge in [0, 0.05) is 0 Å². The lowest BCUT2D eigenvalue weighted by Crippen LogP contribution is -2.21. The van der Waals surface area contributed by atoms with Crippen LogP contribution in [0.25, 0.3) is 0 Å². The average Bonchev–Trinajstić information content (AvgIpc) is 2.19. The highest BCUT2D eigenvalue weighted by atomic mass is 28.3. The normalized spacial score (nSPS) is 10.6. The van der Waals surface area contributed by atoms with Crippen LogP contribution in [0.1, 0.15) is 13.3 Å². The molecule has 0 saturated heterocycles. The molecule has 2 nitrogen and oxygen atoms in total. The van der Waals surface area contributed by atoms with Crippen molar-refractivity contribution in [2.24, 2.45) is 0 Å². The van der Waals surface area contributed by atoms with Crippen LogP contribution < -0.4 is 10.7 Å². The van der Waals surface area contributed by atoms with Crippen molar-refractivity contribution in [1.82, 2.24) is 0 Å². The summed E-state index contributed by atoms with van der Waals surface area (Å²) in [5, 5.41) is 1.49. The van der Waals surface area contributed by atoms with Crippen molar-refractivity contribution in [3.8, 4) is 0 Å². The van der Waals surface area contributed by atoms with Gasteiger partial charge in [0.2, 0.25) is 0 Å². The summed E-state index contributed by atoms with van der Waals surface area (Å²) in [5.74, 6) is 0. The highest BCUT2D eigenvalue weighted by Gasteiger charge is 1.99. The van der Waals surface area contributed by atoms with Crippen molar-refractivity contribution >= 4 is 19.7 Å². The van der Waals surface area contributed by atoms with Gasteiger partial charge < -0.3 is 0 Å². The molecule has 0 amide bonds. The van der Waals surface area contributed by atoms with Gasteiger partial charge in [-0.2, -0.15) is 0 Å². The van der Waals surface area contributed by atoms with E-state index in [-0.39, 0.29) is 0 Å². The van der Waals surface area contributed by atoms with Crippen molar-refractivity contribution in [2.75, 3.05) is 12.1 Å². The Bertz CT molecular complexity index is 258. The molecular weight excluding hydrogens is 190 g/mol. The van der Waals surface area contributed by atoms with Crippen LogP contribution in [0, 0.1) is 0 Å². The molecule has 1 N–H and O–H groups in total. The molecule has 0 atom stereocenters. The molecule has 0 aliphatic rings. The van der Waals surface area contributed by atoms with E-state index in [0.717, 1.165) is 18.7 Å². The molecule has 78 valence electrons. The summed E-state index contributed by atoms with van der Waals surface area (Å²) in [5.41, 5.74) is 3.97.